The summed E-state index contributed by atoms with van der Waals surface area (Å²) >= 11 is 0. The highest BCUT2D eigenvalue weighted by atomic mass is 14.9. The SMILES string of the molecule is [2H]c1cc2cc(C3CCC(C)(C)CC3)ccc2c(-c2cc(C(C)C)cc(C(C)C)c2C)[n+]1C. The molecular weight excluding hydrogens is 386 g/mol. The van der Waals surface area contributed by atoms with Crippen LogP contribution in [0.5, 0.6) is 0 Å². The molecule has 0 saturated heterocycles. The fourth-order valence-electron chi connectivity index (χ4n) is 5.58. The second kappa shape index (κ2) is 8.65. The molecule has 2 aromatic carbocycles. The van der Waals surface area contributed by atoms with E-state index in [-0.39, 0.29) is 0 Å². The molecule has 1 heteroatoms. The van der Waals surface area contributed by atoms with Crippen molar-refractivity contribution in [2.45, 2.75) is 91.9 Å². The Bertz CT molecular complexity index is 1180. The van der Waals surface area contributed by atoms with Crippen molar-refractivity contribution in [2.75, 3.05) is 0 Å². The summed E-state index contributed by atoms with van der Waals surface area (Å²) in [6.45, 7) is 16.2. The van der Waals surface area contributed by atoms with Crippen molar-refractivity contribution in [1.82, 2.24) is 0 Å². The normalized spacial score (nSPS) is 17.4. The molecule has 0 amide bonds. The molecule has 0 bridgehead atoms. The topological polar surface area (TPSA) is 3.88 Å². The van der Waals surface area contributed by atoms with Crippen molar-refractivity contribution in [3.05, 3.63) is 64.8 Å². The lowest BCUT2D eigenvalue weighted by Gasteiger charge is -2.34. The van der Waals surface area contributed by atoms with Crippen molar-refractivity contribution < 1.29 is 5.94 Å². The zero-order valence-electron chi connectivity index (χ0n) is 22.5. The lowest BCUT2D eigenvalue weighted by molar-refractivity contribution is -0.659. The van der Waals surface area contributed by atoms with E-state index >= 15 is 0 Å². The van der Waals surface area contributed by atoms with Crippen LogP contribution < -0.4 is 4.57 Å². The molecule has 0 radical (unpaired) electrons. The Kier molecular flexibility index (Phi) is 5.86. The first-order valence-corrected chi connectivity index (χ1v) is 12.6. The summed E-state index contributed by atoms with van der Waals surface area (Å²) in [5.74, 6) is 1.59. The van der Waals surface area contributed by atoms with Gasteiger partial charge < -0.3 is 0 Å². The summed E-state index contributed by atoms with van der Waals surface area (Å²) in [6, 6.07) is 13.9. The van der Waals surface area contributed by atoms with Gasteiger partial charge in [0.1, 0.15) is 8.42 Å². The smallest absolute Gasteiger partial charge is 0.200 e. The lowest BCUT2D eigenvalue weighted by Crippen LogP contribution is -2.31. The largest absolute Gasteiger partial charge is 0.220 e. The summed E-state index contributed by atoms with van der Waals surface area (Å²) in [7, 11) is 2.05. The zero-order chi connectivity index (χ0) is 24.1. The quantitative estimate of drug-likeness (QED) is 0.366. The summed E-state index contributed by atoms with van der Waals surface area (Å²) in [5, 5.41) is 2.46. The molecule has 1 nitrogen and oxygen atoms in total. The van der Waals surface area contributed by atoms with Gasteiger partial charge in [-0.1, -0.05) is 59.7 Å². The number of nitrogens with zero attached hydrogens (tertiary/aromatic N) is 1. The van der Waals surface area contributed by atoms with Gasteiger partial charge in [-0.2, -0.15) is 0 Å². The number of hydrogen-bond acceptors (Lipinski definition) is 0. The van der Waals surface area contributed by atoms with Crippen molar-refractivity contribution in [3.63, 3.8) is 0 Å². The molecule has 0 atom stereocenters. The van der Waals surface area contributed by atoms with Gasteiger partial charge in [-0.15, -0.1) is 0 Å². The van der Waals surface area contributed by atoms with E-state index < -0.39 is 0 Å². The summed E-state index contributed by atoms with van der Waals surface area (Å²) in [4.78, 5) is 0. The summed E-state index contributed by atoms with van der Waals surface area (Å²) in [6.07, 6.45) is 5.71. The van der Waals surface area contributed by atoms with Crippen molar-refractivity contribution in [1.29, 1.82) is 0 Å². The molecule has 1 aromatic heterocycles. The average molecular weight is 430 g/mol. The molecule has 1 heterocycles. The first-order chi connectivity index (χ1) is 15.5. The Morgan fingerprint density at radius 2 is 1.66 bits per heavy atom. The first kappa shape index (κ1) is 21.7. The van der Waals surface area contributed by atoms with Crippen LogP contribution in [-0.4, -0.2) is 0 Å². The maximum Gasteiger partial charge on any atom is 0.220 e. The minimum absolute atomic E-state index is 0.472. The number of aromatic nitrogens is 1. The van der Waals surface area contributed by atoms with Crippen molar-refractivity contribution >= 4 is 10.8 Å². The lowest BCUT2D eigenvalue weighted by atomic mass is 9.71. The van der Waals surface area contributed by atoms with E-state index in [1.807, 2.05) is 7.05 Å². The molecule has 170 valence electrons. The molecule has 32 heavy (non-hydrogen) atoms. The van der Waals surface area contributed by atoms with E-state index in [0.717, 1.165) is 0 Å². The van der Waals surface area contributed by atoms with E-state index in [1.165, 1.54) is 70.0 Å². The maximum atomic E-state index is 8.77. The molecule has 1 fully saturated rings. The van der Waals surface area contributed by atoms with E-state index in [9.17, 15) is 0 Å². The monoisotopic (exact) mass is 429 g/mol. The predicted octanol–water partition coefficient (Wildman–Crippen LogP) is 8.57. The van der Waals surface area contributed by atoms with Gasteiger partial charge in [0.15, 0.2) is 6.17 Å². The van der Waals surface area contributed by atoms with Gasteiger partial charge in [0.2, 0.25) is 5.69 Å². The number of fused-ring (bicyclic) bond motifs is 1. The third kappa shape index (κ3) is 4.36. The van der Waals surface area contributed by atoms with Gasteiger partial charge in [0.25, 0.3) is 0 Å². The highest BCUT2D eigenvalue weighted by Gasteiger charge is 2.28. The van der Waals surface area contributed by atoms with Crippen molar-refractivity contribution in [3.8, 4) is 11.3 Å². The molecule has 0 spiro atoms. The van der Waals surface area contributed by atoms with E-state index in [1.54, 1.807) is 0 Å². The van der Waals surface area contributed by atoms with Crippen LogP contribution in [0.2, 0.25) is 0 Å². The predicted molar refractivity (Wildman–Crippen MR) is 138 cm³/mol. The molecule has 4 rings (SSSR count). The minimum Gasteiger partial charge on any atom is -0.200 e. The maximum absolute atomic E-state index is 8.77. The van der Waals surface area contributed by atoms with Gasteiger partial charge >= 0.3 is 0 Å². The fraction of sp³-hybridized carbons (Fsp3) is 0.516. The molecule has 0 aliphatic heterocycles. The van der Waals surface area contributed by atoms with Crippen LogP contribution in [0.3, 0.4) is 0 Å². The molecule has 0 N–H and O–H groups in total. The minimum atomic E-state index is 0.472. The third-order valence-corrected chi connectivity index (χ3v) is 7.90. The van der Waals surface area contributed by atoms with Crippen LogP contribution in [0.15, 0.2) is 42.6 Å². The molecule has 1 aliphatic carbocycles. The number of hydrogen-bond donors (Lipinski definition) is 0. The van der Waals surface area contributed by atoms with E-state index in [2.05, 4.69) is 89.4 Å². The molecule has 1 aliphatic rings. The first-order valence-electron chi connectivity index (χ1n) is 13.1. The van der Waals surface area contributed by atoms with Crippen molar-refractivity contribution in [2.24, 2.45) is 12.5 Å². The Morgan fingerprint density at radius 3 is 2.28 bits per heavy atom. The van der Waals surface area contributed by atoms with Gasteiger partial charge in [-0.3, -0.25) is 0 Å². The second-order valence-corrected chi connectivity index (χ2v) is 11.6. The Hall–Kier alpha value is -2.15. The van der Waals surface area contributed by atoms with E-state index in [4.69, 9.17) is 1.37 Å². The Morgan fingerprint density at radius 1 is 0.969 bits per heavy atom. The van der Waals surface area contributed by atoms with Crippen LogP contribution in [0.1, 0.15) is 109 Å². The van der Waals surface area contributed by atoms with E-state index in [0.29, 0.717) is 29.3 Å². The van der Waals surface area contributed by atoms with Crippen LogP contribution in [-0.2, 0) is 7.05 Å². The number of rotatable bonds is 4. The average Bonchev–Trinajstić information content (AvgIpc) is 2.74. The van der Waals surface area contributed by atoms with Crippen LogP contribution in [0.4, 0.5) is 0 Å². The Labute approximate surface area is 197 Å². The van der Waals surface area contributed by atoms with Crippen LogP contribution in [0.25, 0.3) is 22.0 Å². The highest BCUT2D eigenvalue weighted by Crippen LogP contribution is 2.43. The van der Waals surface area contributed by atoms with Gasteiger partial charge in [-0.05, 0) is 95.5 Å². The number of pyridine rings is 1. The third-order valence-electron chi connectivity index (χ3n) is 7.90. The molecule has 3 aromatic rings. The fourth-order valence-corrected chi connectivity index (χ4v) is 5.58. The summed E-state index contributed by atoms with van der Waals surface area (Å²) in [5.41, 5.74) is 8.53. The highest BCUT2D eigenvalue weighted by molar-refractivity contribution is 5.94. The standard InChI is InChI=1S/C31H42N/c1-20(2)26-18-28(21(3)4)22(5)29(19-26)30-27-10-9-24(17-25(27)13-16-32(30)8)23-11-14-31(6,7)15-12-23/h9-10,13,16-21,23H,11-12,14-15H2,1-8H3/q+1/i16D. The van der Waals surface area contributed by atoms with Gasteiger partial charge in [0, 0.05) is 6.07 Å². The van der Waals surface area contributed by atoms with Gasteiger partial charge in [-0.25, -0.2) is 4.57 Å². The van der Waals surface area contributed by atoms with Gasteiger partial charge in [0.05, 0.1) is 10.9 Å². The molecule has 0 unspecified atom stereocenters. The molecule has 1 saturated carbocycles. The zero-order valence-corrected chi connectivity index (χ0v) is 21.5. The molecular formula is C31H42N+. The Balaban J connectivity index is 1.89. The number of benzene rings is 2. The second-order valence-electron chi connectivity index (χ2n) is 11.6. The summed E-state index contributed by atoms with van der Waals surface area (Å²) < 4.78 is 10.8. The van der Waals surface area contributed by atoms with Crippen LogP contribution >= 0.6 is 0 Å². The van der Waals surface area contributed by atoms with Crippen LogP contribution in [0, 0.1) is 12.3 Å².